The number of hydrogen-bond acceptors (Lipinski definition) is 4. The van der Waals surface area contributed by atoms with Gasteiger partial charge in [0.1, 0.15) is 30.0 Å². The number of ether oxygens (including phenoxy) is 2. The van der Waals surface area contributed by atoms with Crippen molar-refractivity contribution in [1.29, 1.82) is 0 Å². The highest BCUT2D eigenvalue weighted by Gasteiger charge is 2.32. The van der Waals surface area contributed by atoms with E-state index in [4.69, 9.17) is 21.1 Å². The number of phenols is 1. The van der Waals surface area contributed by atoms with Crippen LogP contribution in [0.2, 0.25) is 5.02 Å². The lowest BCUT2D eigenvalue weighted by Crippen LogP contribution is -2.48. The van der Waals surface area contributed by atoms with Gasteiger partial charge in [0.25, 0.3) is 0 Å². The van der Waals surface area contributed by atoms with Crippen molar-refractivity contribution in [3.63, 3.8) is 0 Å². The van der Waals surface area contributed by atoms with Crippen LogP contribution < -0.4 is 4.74 Å². The van der Waals surface area contributed by atoms with E-state index < -0.39 is 11.9 Å². The molecule has 0 saturated carbocycles. The van der Waals surface area contributed by atoms with Crippen LogP contribution in [0.5, 0.6) is 11.5 Å². The molecule has 2 heterocycles. The quantitative estimate of drug-likeness (QED) is 0.478. The summed E-state index contributed by atoms with van der Waals surface area (Å²) in [7, 11) is 0. The van der Waals surface area contributed by atoms with Crippen LogP contribution in [-0.4, -0.2) is 49.0 Å². The van der Waals surface area contributed by atoms with Crippen molar-refractivity contribution < 1.29 is 23.4 Å². The topological polar surface area (TPSA) is 41.9 Å². The number of aromatic hydroxyl groups is 1. The van der Waals surface area contributed by atoms with E-state index >= 15 is 0 Å². The van der Waals surface area contributed by atoms with Crippen LogP contribution >= 0.6 is 11.6 Å². The Morgan fingerprint density at radius 3 is 2.69 bits per heavy atom. The van der Waals surface area contributed by atoms with Gasteiger partial charge in [-0.1, -0.05) is 23.7 Å². The molecule has 2 aromatic carbocycles. The maximum atomic E-state index is 14.4. The second kappa shape index (κ2) is 10.0. The normalized spacial score (nSPS) is 20.5. The molecular formula is C28H28ClF2NO3. The molecule has 7 heteroatoms. The SMILES string of the molecule is CC1=C(c2ccc(Cl)c(F)c2)C(C2=CC=C(OCCN3CC(CF)C3)CC2)Oc2ccc(O)cc21. The number of halogens is 3. The largest absolute Gasteiger partial charge is 0.508 e. The highest BCUT2D eigenvalue weighted by molar-refractivity contribution is 6.30. The minimum Gasteiger partial charge on any atom is -0.508 e. The van der Waals surface area contributed by atoms with E-state index in [1.165, 1.54) is 6.07 Å². The molecule has 2 aromatic rings. The molecule has 35 heavy (non-hydrogen) atoms. The Labute approximate surface area is 209 Å². The van der Waals surface area contributed by atoms with E-state index in [0.717, 1.165) is 60.5 Å². The summed E-state index contributed by atoms with van der Waals surface area (Å²) >= 11 is 5.94. The van der Waals surface area contributed by atoms with Crippen molar-refractivity contribution in [3.8, 4) is 11.5 Å². The fourth-order valence-corrected chi connectivity index (χ4v) is 5.09. The molecule has 4 nitrogen and oxygen atoms in total. The van der Waals surface area contributed by atoms with Crippen LogP contribution in [0.3, 0.4) is 0 Å². The second-order valence-corrected chi connectivity index (χ2v) is 9.76. The summed E-state index contributed by atoms with van der Waals surface area (Å²) in [5, 5.41) is 10.1. The monoisotopic (exact) mass is 499 g/mol. The van der Waals surface area contributed by atoms with Crippen LogP contribution in [0, 0.1) is 11.7 Å². The van der Waals surface area contributed by atoms with Crippen LogP contribution in [-0.2, 0) is 4.74 Å². The molecule has 0 spiro atoms. The van der Waals surface area contributed by atoms with Crippen molar-refractivity contribution in [2.45, 2.75) is 25.9 Å². The summed E-state index contributed by atoms with van der Waals surface area (Å²) in [6, 6.07) is 9.81. The number of benzene rings is 2. The number of allylic oxidation sites excluding steroid dienone is 4. The van der Waals surface area contributed by atoms with Crippen molar-refractivity contribution in [1.82, 2.24) is 4.90 Å². The number of hydrogen-bond donors (Lipinski definition) is 1. The standard InChI is InChI=1S/C28H28ClF2NO3/c1-17-23-13-21(33)5-9-26(23)35-28(27(17)20-4-8-24(29)25(31)12-20)19-2-6-22(7-3-19)34-11-10-32-15-18(14-30)16-32/h2,4-6,8-9,12-13,18,28,33H,3,7,10-11,14-16H2,1H3. The molecule has 1 N–H and O–H groups in total. The fourth-order valence-electron chi connectivity index (χ4n) is 4.97. The molecular weight excluding hydrogens is 472 g/mol. The first-order chi connectivity index (χ1) is 16.9. The highest BCUT2D eigenvalue weighted by atomic mass is 35.5. The van der Waals surface area contributed by atoms with Gasteiger partial charge in [0.05, 0.1) is 17.5 Å². The highest BCUT2D eigenvalue weighted by Crippen LogP contribution is 2.45. The van der Waals surface area contributed by atoms with Gasteiger partial charge in [-0.05, 0) is 66.5 Å². The Balaban J connectivity index is 1.38. The van der Waals surface area contributed by atoms with Crippen LogP contribution in [0.15, 0.2) is 59.9 Å². The second-order valence-electron chi connectivity index (χ2n) is 9.35. The first kappa shape index (κ1) is 23.9. The van der Waals surface area contributed by atoms with E-state index in [1.807, 2.05) is 19.1 Å². The molecule has 1 saturated heterocycles. The minimum atomic E-state index is -0.488. The Hall–Kier alpha value is -2.83. The summed E-state index contributed by atoms with van der Waals surface area (Å²) in [5.74, 6) is 1.43. The lowest BCUT2D eigenvalue weighted by Gasteiger charge is -2.37. The van der Waals surface area contributed by atoms with Crippen LogP contribution in [0.4, 0.5) is 8.78 Å². The van der Waals surface area contributed by atoms with Crippen molar-refractivity contribution in [2.24, 2.45) is 5.92 Å². The first-order valence-corrected chi connectivity index (χ1v) is 12.3. The Morgan fingerprint density at radius 2 is 1.97 bits per heavy atom. The zero-order chi connectivity index (χ0) is 24.5. The van der Waals surface area contributed by atoms with E-state index in [2.05, 4.69) is 4.90 Å². The predicted molar refractivity (Wildman–Crippen MR) is 134 cm³/mol. The molecule has 0 amide bonds. The van der Waals surface area contributed by atoms with Gasteiger partial charge in [0.15, 0.2) is 0 Å². The molecule has 0 aromatic heterocycles. The predicted octanol–water partition coefficient (Wildman–Crippen LogP) is 6.40. The lowest BCUT2D eigenvalue weighted by atomic mass is 9.83. The zero-order valence-corrected chi connectivity index (χ0v) is 20.3. The molecule has 3 aliphatic rings. The molecule has 0 bridgehead atoms. The number of fused-ring (bicyclic) bond motifs is 1. The molecule has 1 fully saturated rings. The molecule has 1 atom stereocenters. The fraction of sp³-hybridized carbons (Fsp3) is 0.357. The van der Waals surface area contributed by atoms with Gasteiger partial charge < -0.3 is 14.6 Å². The molecule has 2 aliphatic heterocycles. The first-order valence-electron chi connectivity index (χ1n) is 11.9. The summed E-state index contributed by atoms with van der Waals surface area (Å²) in [6.07, 6.45) is 5.08. The Bertz CT molecular complexity index is 1220. The van der Waals surface area contributed by atoms with E-state index in [9.17, 15) is 13.9 Å². The van der Waals surface area contributed by atoms with E-state index in [-0.39, 0.29) is 23.4 Å². The maximum Gasteiger partial charge on any atom is 0.146 e. The molecule has 5 rings (SSSR count). The lowest BCUT2D eigenvalue weighted by molar-refractivity contribution is 0.0538. The molecule has 0 radical (unpaired) electrons. The minimum absolute atomic E-state index is 0.0679. The van der Waals surface area contributed by atoms with Crippen molar-refractivity contribution in [3.05, 3.63) is 81.8 Å². The van der Waals surface area contributed by atoms with Gasteiger partial charge in [-0.25, -0.2) is 4.39 Å². The smallest absolute Gasteiger partial charge is 0.146 e. The van der Waals surface area contributed by atoms with Crippen LogP contribution in [0.25, 0.3) is 11.1 Å². The average molecular weight is 500 g/mol. The number of nitrogens with zero attached hydrogens (tertiary/aromatic N) is 1. The van der Waals surface area contributed by atoms with Gasteiger partial charge >= 0.3 is 0 Å². The Morgan fingerprint density at radius 1 is 1.14 bits per heavy atom. The van der Waals surface area contributed by atoms with Crippen molar-refractivity contribution >= 4 is 22.7 Å². The number of likely N-dealkylation sites (tertiary alicyclic amines) is 1. The van der Waals surface area contributed by atoms with Crippen molar-refractivity contribution in [2.75, 3.05) is 32.9 Å². The van der Waals surface area contributed by atoms with Gasteiger partial charge in [-0.3, -0.25) is 9.29 Å². The molecule has 1 unspecified atom stereocenters. The third-order valence-electron chi connectivity index (χ3n) is 6.93. The number of alkyl halides is 1. The number of phenolic OH excluding ortho intramolecular Hbond substituents is 1. The summed E-state index contributed by atoms with van der Waals surface area (Å²) < 4.78 is 39.4. The van der Waals surface area contributed by atoms with Gasteiger partial charge in [-0.2, -0.15) is 0 Å². The van der Waals surface area contributed by atoms with Crippen LogP contribution in [0.1, 0.15) is 30.9 Å². The summed E-state index contributed by atoms with van der Waals surface area (Å²) in [4.78, 5) is 2.20. The Kier molecular flexibility index (Phi) is 6.85. The average Bonchev–Trinajstić information content (AvgIpc) is 2.83. The summed E-state index contributed by atoms with van der Waals surface area (Å²) in [5.41, 5.74) is 4.30. The zero-order valence-electron chi connectivity index (χ0n) is 19.6. The van der Waals surface area contributed by atoms with E-state index in [0.29, 0.717) is 17.9 Å². The van der Waals surface area contributed by atoms with E-state index in [1.54, 1.807) is 30.3 Å². The van der Waals surface area contributed by atoms with Gasteiger partial charge in [0.2, 0.25) is 0 Å². The third-order valence-corrected chi connectivity index (χ3v) is 7.24. The molecule has 1 aliphatic carbocycles. The van der Waals surface area contributed by atoms with Gasteiger partial charge in [-0.15, -0.1) is 0 Å². The summed E-state index contributed by atoms with van der Waals surface area (Å²) in [6.45, 7) is 4.71. The van der Waals surface area contributed by atoms with Gasteiger partial charge in [0, 0.05) is 43.1 Å². The third kappa shape index (κ3) is 4.95. The number of rotatable bonds is 7. The molecule has 184 valence electrons. The maximum absolute atomic E-state index is 14.4.